The highest BCUT2D eigenvalue weighted by Crippen LogP contribution is 2.15. The fourth-order valence-corrected chi connectivity index (χ4v) is 2.49. The van der Waals surface area contributed by atoms with Gasteiger partial charge in [0.1, 0.15) is 5.65 Å². The summed E-state index contributed by atoms with van der Waals surface area (Å²) in [6.07, 6.45) is 3.98. The molecule has 5 nitrogen and oxygen atoms in total. The van der Waals surface area contributed by atoms with Crippen LogP contribution in [-0.4, -0.2) is 20.3 Å². The summed E-state index contributed by atoms with van der Waals surface area (Å²) in [4.78, 5) is 20.9. The molecule has 5 heteroatoms. The summed E-state index contributed by atoms with van der Waals surface area (Å²) in [7, 11) is 0. The molecular formula is C17H18N4O. The number of imidazole rings is 1. The molecule has 0 spiro atoms. The summed E-state index contributed by atoms with van der Waals surface area (Å²) in [6, 6.07) is 9.65. The number of amides is 1. The zero-order valence-electron chi connectivity index (χ0n) is 12.7. The Bertz CT molecular complexity index is 808. The third kappa shape index (κ3) is 2.83. The first-order chi connectivity index (χ1) is 10.6. The molecule has 0 saturated carbocycles. The van der Waals surface area contributed by atoms with Crippen molar-refractivity contribution < 1.29 is 4.79 Å². The molecule has 3 aromatic rings. The van der Waals surface area contributed by atoms with Crippen LogP contribution in [0.1, 0.15) is 22.6 Å². The van der Waals surface area contributed by atoms with Crippen LogP contribution in [0, 0.1) is 13.8 Å². The van der Waals surface area contributed by atoms with Gasteiger partial charge in [0.2, 0.25) is 5.91 Å². The van der Waals surface area contributed by atoms with Crippen molar-refractivity contribution in [3.63, 3.8) is 0 Å². The smallest absolute Gasteiger partial charge is 0.226 e. The monoisotopic (exact) mass is 294 g/mol. The number of carbonyl (C=O) groups is 1. The summed E-state index contributed by atoms with van der Waals surface area (Å²) >= 11 is 0. The number of nitrogens with one attached hydrogen (secondary N) is 1. The van der Waals surface area contributed by atoms with E-state index >= 15 is 0 Å². The van der Waals surface area contributed by atoms with Crippen molar-refractivity contribution in [2.75, 3.05) is 0 Å². The molecule has 3 rings (SSSR count). The molecule has 0 radical (unpaired) electrons. The third-order valence-electron chi connectivity index (χ3n) is 3.67. The number of aromatic nitrogens is 3. The highest BCUT2D eigenvalue weighted by molar-refractivity contribution is 5.78. The minimum Gasteiger partial charge on any atom is -0.350 e. The van der Waals surface area contributed by atoms with E-state index in [1.165, 1.54) is 0 Å². The molecule has 0 saturated heterocycles. The molecular weight excluding hydrogens is 276 g/mol. The Hall–Kier alpha value is -2.69. The Morgan fingerprint density at radius 3 is 2.86 bits per heavy atom. The van der Waals surface area contributed by atoms with E-state index in [4.69, 9.17) is 0 Å². The first-order valence-corrected chi connectivity index (χ1v) is 7.25. The van der Waals surface area contributed by atoms with E-state index in [9.17, 15) is 4.79 Å². The first kappa shape index (κ1) is 14.3. The lowest BCUT2D eigenvalue weighted by molar-refractivity contribution is -0.120. The fourth-order valence-electron chi connectivity index (χ4n) is 2.49. The van der Waals surface area contributed by atoms with Gasteiger partial charge in [0.25, 0.3) is 0 Å². The lowest BCUT2D eigenvalue weighted by atomic mass is 10.2. The van der Waals surface area contributed by atoms with Crippen molar-refractivity contribution in [3.8, 4) is 0 Å². The predicted molar refractivity (Wildman–Crippen MR) is 84.5 cm³/mol. The molecule has 0 fully saturated rings. The van der Waals surface area contributed by atoms with Crippen LogP contribution in [-0.2, 0) is 17.8 Å². The molecule has 1 amide bonds. The van der Waals surface area contributed by atoms with Crippen molar-refractivity contribution in [1.29, 1.82) is 0 Å². The Kier molecular flexibility index (Phi) is 3.87. The average Bonchev–Trinajstić information content (AvgIpc) is 2.84. The molecule has 22 heavy (non-hydrogen) atoms. The topological polar surface area (TPSA) is 59.3 Å². The number of aryl methyl sites for hydroxylation is 2. The molecule has 0 aromatic carbocycles. The van der Waals surface area contributed by atoms with Crippen molar-refractivity contribution in [1.82, 2.24) is 19.7 Å². The maximum Gasteiger partial charge on any atom is 0.226 e. The molecule has 0 aliphatic rings. The standard InChI is InChI=1S/C17H18N4O/c1-12-6-5-9-21-15(13(2)20-17(12)21)10-16(22)19-11-14-7-3-4-8-18-14/h3-9H,10-11H2,1-2H3,(H,19,22). The van der Waals surface area contributed by atoms with Gasteiger partial charge in [-0.3, -0.25) is 9.78 Å². The van der Waals surface area contributed by atoms with Gasteiger partial charge < -0.3 is 9.72 Å². The van der Waals surface area contributed by atoms with Gasteiger partial charge >= 0.3 is 0 Å². The van der Waals surface area contributed by atoms with Crippen LogP contribution in [0.4, 0.5) is 0 Å². The van der Waals surface area contributed by atoms with E-state index in [0.717, 1.165) is 28.3 Å². The van der Waals surface area contributed by atoms with Crippen LogP contribution >= 0.6 is 0 Å². The number of nitrogens with zero attached hydrogens (tertiary/aromatic N) is 3. The molecule has 0 unspecified atom stereocenters. The van der Waals surface area contributed by atoms with Gasteiger partial charge in [-0.1, -0.05) is 12.1 Å². The van der Waals surface area contributed by atoms with E-state index in [-0.39, 0.29) is 5.91 Å². The third-order valence-corrected chi connectivity index (χ3v) is 3.67. The van der Waals surface area contributed by atoms with Gasteiger partial charge in [0.15, 0.2) is 0 Å². The number of fused-ring (bicyclic) bond motifs is 1. The summed E-state index contributed by atoms with van der Waals surface area (Å²) < 4.78 is 1.99. The number of hydrogen-bond donors (Lipinski definition) is 1. The molecule has 0 aliphatic carbocycles. The Balaban J connectivity index is 1.74. The summed E-state index contributed by atoms with van der Waals surface area (Å²) in [5.74, 6) is -0.0305. The van der Waals surface area contributed by atoms with E-state index in [1.807, 2.05) is 54.8 Å². The quantitative estimate of drug-likeness (QED) is 0.802. The van der Waals surface area contributed by atoms with Crippen molar-refractivity contribution >= 4 is 11.6 Å². The second-order valence-corrected chi connectivity index (χ2v) is 5.30. The van der Waals surface area contributed by atoms with E-state index in [0.29, 0.717) is 13.0 Å². The van der Waals surface area contributed by atoms with E-state index in [2.05, 4.69) is 15.3 Å². The summed E-state index contributed by atoms with van der Waals surface area (Å²) in [5, 5.41) is 2.90. The van der Waals surface area contributed by atoms with Crippen LogP contribution in [0.15, 0.2) is 42.7 Å². The zero-order valence-corrected chi connectivity index (χ0v) is 12.7. The van der Waals surface area contributed by atoms with Gasteiger partial charge in [-0.25, -0.2) is 4.98 Å². The Labute approximate surface area is 129 Å². The van der Waals surface area contributed by atoms with Crippen molar-refractivity contribution in [3.05, 3.63) is 65.4 Å². The fraction of sp³-hybridized carbons (Fsp3) is 0.235. The highest BCUT2D eigenvalue weighted by Gasteiger charge is 2.13. The second kappa shape index (κ2) is 5.97. The summed E-state index contributed by atoms with van der Waals surface area (Å²) in [5.41, 5.74) is 4.68. The Morgan fingerprint density at radius 1 is 1.23 bits per heavy atom. The van der Waals surface area contributed by atoms with Crippen molar-refractivity contribution in [2.24, 2.45) is 0 Å². The Morgan fingerprint density at radius 2 is 2.09 bits per heavy atom. The number of pyridine rings is 2. The van der Waals surface area contributed by atoms with Gasteiger partial charge in [0, 0.05) is 12.4 Å². The van der Waals surface area contributed by atoms with Crippen LogP contribution < -0.4 is 5.32 Å². The largest absolute Gasteiger partial charge is 0.350 e. The van der Waals surface area contributed by atoms with Gasteiger partial charge in [0.05, 0.1) is 30.0 Å². The lowest BCUT2D eigenvalue weighted by Gasteiger charge is -2.06. The maximum absolute atomic E-state index is 12.2. The number of carbonyl (C=O) groups excluding carboxylic acids is 1. The maximum atomic E-state index is 12.2. The van der Waals surface area contributed by atoms with Gasteiger partial charge in [-0.2, -0.15) is 0 Å². The van der Waals surface area contributed by atoms with Crippen molar-refractivity contribution in [2.45, 2.75) is 26.8 Å². The van der Waals surface area contributed by atoms with Crippen LogP contribution in [0.25, 0.3) is 5.65 Å². The normalized spacial score (nSPS) is 10.8. The van der Waals surface area contributed by atoms with E-state index in [1.54, 1.807) is 6.20 Å². The molecule has 0 aliphatic heterocycles. The molecule has 0 bridgehead atoms. The molecule has 112 valence electrons. The van der Waals surface area contributed by atoms with Crippen LogP contribution in [0.5, 0.6) is 0 Å². The summed E-state index contributed by atoms with van der Waals surface area (Å²) in [6.45, 7) is 4.40. The lowest BCUT2D eigenvalue weighted by Crippen LogP contribution is -2.25. The molecule has 0 atom stereocenters. The van der Waals surface area contributed by atoms with Gasteiger partial charge in [-0.05, 0) is 37.6 Å². The molecule has 3 heterocycles. The highest BCUT2D eigenvalue weighted by atomic mass is 16.1. The van der Waals surface area contributed by atoms with Crippen LogP contribution in [0.3, 0.4) is 0 Å². The second-order valence-electron chi connectivity index (χ2n) is 5.30. The first-order valence-electron chi connectivity index (χ1n) is 7.25. The molecule has 3 aromatic heterocycles. The van der Waals surface area contributed by atoms with Gasteiger partial charge in [-0.15, -0.1) is 0 Å². The molecule has 1 N–H and O–H groups in total. The minimum atomic E-state index is -0.0305. The number of rotatable bonds is 4. The average molecular weight is 294 g/mol. The SMILES string of the molecule is Cc1nc2c(C)cccn2c1CC(=O)NCc1ccccn1. The predicted octanol–water partition coefficient (Wildman–Crippen LogP) is 2.21. The zero-order chi connectivity index (χ0) is 15.5. The van der Waals surface area contributed by atoms with Crippen LogP contribution in [0.2, 0.25) is 0 Å². The number of hydrogen-bond acceptors (Lipinski definition) is 3. The minimum absolute atomic E-state index is 0.0305. The van der Waals surface area contributed by atoms with E-state index < -0.39 is 0 Å².